The Kier molecular flexibility index (Phi) is 4.57. The van der Waals surface area contributed by atoms with Gasteiger partial charge in [-0.25, -0.2) is 0 Å². The molecule has 0 aromatic heterocycles. The lowest BCUT2D eigenvalue weighted by Gasteiger charge is -2.16. The summed E-state index contributed by atoms with van der Waals surface area (Å²) in [4.78, 5) is 0. The van der Waals surface area contributed by atoms with Crippen LogP contribution in [0.2, 0.25) is 0 Å². The number of benzene rings is 3. The molecule has 0 saturated carbocycles. The van der Waals surface area contributed by atoms with Crippen molar-refractivity contribution in [3.8, 4) is 22.3 Å². The summed E-state index contributed by atoms with van der Waals surface area (Å²) in [7, 11) is 0. The molecule has 0 amide bonds. The fourth-order valence-electron chi connectivity index (χ4n) is 3.68. The van der Waals surface area contributed by atoms with Crippen LogP contribution >= 0.6 is 0 Å². The molecule has 0 spiro atoms. The van der Waals surface area contributed by atoms with Gasteiger partial charge < -0.3 is 0 Å². The fourth-order valence-corrected chi connectivity index (χ4v) is 3.68. The first-order valence-electron chi connectivity index (χ1n) is 8.68. The van der Waals surface area contributed by atoms with E-state index >= 15 is 0 Å². The van der Waals surface area contributed by atoms with Gasteiger partial charge in [0.1, 0.15) is 0 Å². The molecule has 0 heteroatoms. The van der Waals surface area contributed by atoms with Crippen molar-refractivity contribution in [2.45, 2.75) is 41.0 Å². The van der Waals surface area contributed by atoms with E-state index in [0.29, 0.717) is 0 Å². The van der Waals surface area contributed by atoms with Crippen LogP contribution in [0.3, 0.4) is 0 Å². The third-order valence-corrected chi connectivity index (χ3v) is 4.52. The van der Waals surface area contributed by atoms with Gasteiger partial charge in [-0.1, -0.05) is 65.6 Å². The summed E-state index contributed by atoms with van der Waals surface area (Å²) in [6.07, 6.45) is 1.01. The molecule has 3 aromatic carbocycles. The van der Waals surface area contributed by atoms with E-state index in [1.807, 2.05) is 0 Å². The van der Waals surface area contributed by atoms with Crippen LogP contribution in [-0.4, -0.2) is 0 Å². The monoisotopic (exact) mass is 313 g/mol. The minimum Gasteiger partial charge on any atom is -0.0612 e. The Labute approximate surface area is 146 Å². The maximum atomic E-state index is 3.38. The standard InChI is InChI=1S/C24H25/c1-6-22-23(20-12-16(2)10-17(3)13-20)8-7-9-24(22)21-14-18(4)11-19(5)15-21/h8-15H,6H2,1-5H3. The minimum atomic E-state index is 1.01. The SMILES string of the molecule is CCc1c(-c2cc(C)cc(C)c2)c[c]cc1-c1cc(C)cc(C)c1. The van der Waals surface area contributed by atoms with Crippen molar-refractivity contribution in [1.82, 2.24) is 0 Å². The molecule has 0 unspecified atom stereocenters. The van der Waals surface area contributed by atoms with Gasteiger partial charge in [0.25, 0.3) is 0 Å². The minimum absolute atomic E-state index is 1.01. The molecule has 0 saturated heterocycles. The van der Waals surface area contributed by atoms with Crippen molar-refractivity contribution in [1.29, 1.82) is 0 Å². The van der Waals surface area contributed by atoms with E-state index in [-0.39, 0.29) is 0 Å². The first kappa shape index (κ1) is 16.5. The van der Waals surface area contributed by atoms with E-state index in [4.69, 9.17) is 0 Å². The van der Waals surface area contributed by atoms with E-state index in [9.17, 15) is 0 Å². The van der Waals surface area contributed by atoms with Crippen molar-refractivity contribution < 1.29 is 0 Å². The largest absolute Gasteiger partial charge is 0.0612 e. The van der Waals surface area contributed by atoms with Crippen LogP contribution in [-0.2, 0) is 6.42 Å². The topological polar surface area (TPSA) is 0 Å². The summed E-state index contributed by atoms with van der Waals surface area (Å²) in [6.45, 7) is 10.9. The summed E-state index contributed by atoms with van der Waals surface area (Å²) < 4.78 is 0. The molecule has 3 aromatic rings. The third-order valence-electron chi connectivity index (χ3n) is 4.52. The van der Waals surface area contributed by atoms with Gasteiger partial charge in [-0.2, -0.15) is 0 Å². The van der Waals surface area contributed by atoms with Gasteiger partial charge in [-0.3, -0.25) is 0 Å². The lowest BCUT2D eigenvalue weighted by atomic mass is 9.88. The Morgan fingerprint density at radius 2 is 1.00 bits per heavy atom. The number of hydrogen-bond donors (Lipinski definition) is 0. The molecule has 121 valence electrons. The van der Waals surface area contributed by atoms with Crippen LogP contribution < -0.4 is 0 Å². The van der Waals surface area contributed by atoms with Crippen LogP contribution in [0, 0.1) is 33.8 Å². The Hall–Kier alpha value is -2.34. The molecule has 0 bridgehead atoms. The summed E-state index contributed by atoms with van der Waals surface area (Å²) in [5, 5.41) is 0. The molecule has 24 heavy (non-hydrogen) atoms. The molecule has 0 fully saturated rings. The second kappa shape index (κ2) is 6.65. The number of hydrogen-bond acceptors (Lipinski definition) is 0. The molecular formula is C24H25. The summed E-state index contributed by atoms with van der Waals surface area (Å²) in [6, 6.07) is 21.2. The van der Waals surface area contributed by atoms with Crippen LogP contribution in [0.15, 0.2) is 48.5 Å². The van der Waals surface area contributed by atoms with Gasteiger partial charge in [0.15, 0.2) is 0 Å². The molecule has 1 radical (unpaired) electrons. The smallest absolute Gasteiger partial charge is 0.0139 e. The lowest BCUT2D eigenvalue weighted by Crippen LogP contribution is -1.94. The van der Waals surface area contributed by atoms with Crippen molar-refractivity contribution >= 4 is 0 Å². The molecule has 0 atom stereocenters. The molecule has 3 rings (SSSR count). The van der Waals surface area contributed by atoms with Gasteiger partial charge in [-0.05, 0) is 80.1 Å². The number of rotatable bonds is 3. The first-order chi connectivity index (χ1) is 11.5. The maximum absolute atomic E-state index is 3.38. The second-order valence-electron chi connectivity index (χ2n) is 6.87. The van der Waals surface area contributed by atoms with Crippen LogP contribution in [0.25, 0.3) is 22.3 Å². The zero-order valence-corrected chi connectivity index (χ0v) is 15.3. The highest BCUT2D eigenvalue weighted by atomic mass is 14.2. The molecule has 0 heterocycles. The van der Waals surface area contributed by atoms with E-state index in [2.05, 4.69) is 89.2 Å². The van der Waals surface area contributed by atoms with E-state index in [0.717, 1.165) is 6.42 Å². The quantitative estimate of drug-likeness (QED) is 0.510. The Morgan fingerprint density at radius 3 is 1.33 bits per heavy atom. The fraction of sp³-hybridized carbons (Fsp3) is 0.250. The molecular weight excluding hydrogens is 288 g/mol. The zero-order valence-electron chi connectivity index (χ0n) is 15.3. The normalized spacial score (nSPS) is 10.9. The van der Waals surface area contributed by atoms with Gasteiger partial charge >= 0.3 is 0 Å². The zero-order chi connectivity index (χ0) is 17.3. The summed E-state index contributed by atoms with van der Waals surface area (Å²) in [5.74, 6) is 0. The van der Waals surface area contributed by atoms with Crippen molar-refractivity contribution in [3.05, 3.63) is 82.4 Å². The molecule has 0 aliphatic rings. The average molecular weight is 313 g/mol. The van der Waals surface area contributed by atoms with Gasteiger partial charge in [0.05, 0.1) is 0 Å². The molecule has 0 nitrogen and oxygen atoms in total. The second-order valence-corrected chi connectivity index (χ2v) is 6.87. The molecule has 0 aliphatic carbocycles. The molecule has 0 aliphatic heterocycles. The van der Waals surface area contributed by atoms with Gasteiger partial charge in [0.2, 0.25) is 0 Å². The predicted octanol–water partition coefficient (Wildman–Crippen LogP) is 6.62. The summed E-state index contributed by atoms with van der Waals surface area (Å²) >= 11 is 0. The van der Waals surface area contributed by atoms with Crippen molar-refractivity contribution in [2.75, 3.05) is 0 Å². The van der Waals surface area contributed by atoms with Crippen LogP contribution in [0.1, 0.15) is 34.7 Å². The predicted molar refractivity (Wildman–Crippen MR) is 104 cm³/mol. The average Bonchev–Trinajstić information content (AvgIpc) is 2.52. The lowest BCUT2D eigenvalue weighted by molar-refractivity contribution is 1.14. The highest BCUT2D eigenvalue weighted by Gasteiger charge is 2.11. The maximum Gasteiger partial charge on any atom is -0.0139 e. The Bertz CT molecular complexity index is 774. The van der Waals surface area contributed by atoms with Gasteiger partial charge in [0, 0.05) is 0 Å². The Morgan fingerprint density at radius 1 is 0.625 bits per heavy atom. The van der Waals surface area contributed by atoms with E-state index < -0.39 is 0 Å². The van der Waals surface area contributed by atoms with Crippen LogP contribution in [0.4, 0.5) is 0 Å². The third kappa shape index (κ3) is 3.28. The highest BCUT2D eigenvalue weighted by Crippen LogP contribution is 2.34. The molecule has 0 N–H and O–H groups in total. The number of aryl methyl sites for hydroxylation is 4. The Balaban J connectivity index is 2.23. The van der Waals surface area contributed by atoms with Crippen LogP contribution in [0.5, 0.6) is 0 Å². The summed E-state index contributed by atoms with van der Waals surface area (Å²) in [5.41, 5.74) is 11.9. The van der Waals surface area contributed by atoms with E-state index in [1.165, 1.54) is 50.1 Å². The highest BCUT2D eigenvalue weighted by molar-refractivity contribution is 5.79. The first-order valence-corrected chi connectivity index (χ1v) is 8.68. The van der Waals surface area contributed by atoms with E-state index in [1.54, 1.807) is 0 Å². The van der Waals surface area contributed by atoms with Crippen molar-refractivity contribution in [2.24, 2.45) is 0 Å². The van der Waals surface area contributed by atoms with Gasteiger partial charge in [-0.15, -0.1) is 0 Å². The van der Waals surface area contributed by atoms with Crippen molar-refractivity contribution in [3.63, 3.8) is 0 Å².